The molecule has 5 nitrogen and oxygen atoms in total. The largest absolute Gasteiger partial charge is 0.325 e. The van der Waals surface area contributed by atoms with E-state index in [1.807, 2.05) is 12.1 Å². The lowest BCUT2D eigenvalue weighted by molar-refractivity contribution is 0.262. The third-order valence-electron chi connectivity index (χ3n) is 3.50. The summed E-state index contributed by atoms with van der Waals surface area (Å²) in [5.41, 5.74) is 4.05. The van der Waals surface area contributed by atoms with Gasteiger partial charge in [0.2, 0.25) is 5.13 Å². The van der Waals surface area contributed by atoms with E-state index in [2.05, 4.69) is 40.7 Å². The van der Waals surface area contributed by atoms with E-state index in [1.165, 1.54) is 22.5 Å². The second-order valence-electron chi connectivity index (χ2n) is 5.30. The summed E-state index contributed by atoms with van der Waals surface area (Å²) >= 11 is 7.14. The minimum Gasteiger partial charge on any atom is -0.308 e. The summed E-state index contributed by atoms with van der Waals surface area (Å²) in [6.45, 7) is 4.12. The summed E-state index contributed by atoms with van der Waals surface area (Å²) in [7, 11) is 0. The summed E-state index contributed by atoms with van der Waals surface area (Å²) in [6.07, 6.45) is 0. The van der Waals surface area contributed by atoms with Gasteiger partial charge in [-0.2, -0.15) is 0 Å². The Labute approximate surface area is 148 Å². The Morgan fingerprint density at radius 2 is 1.75 bits per heavy atom. The molecule has 1 aromatic heterocycles. The van der Waals surface area contributed by atoms with Crippen molar-refractivity contribution in [2.24, 2.45) is 0 Å². The van der Waals surface area contributed by atoms with Gasteiger partial charge in [0.15, 0.2) is 0 Å². The predicted octanol–water partition coefficient (Wildman–Crippen LogP) is 5.12. The molecular weight excluding hydrogens is 344 g/mol. The van der Waals surface area contributed by atoms with Crippen molar-refractivity contribution in [2.75, 3.05) is 10.6 Å². The van der Waals surface area contributed by atoms with Gasteiger partial charge in [-0.05, 0) is 55.3 Å². The van der Waals surface area contributed by atoms with Crippen molar-refractivity contribution in [1.82, 2.24) is 10.2 Å². The van der Waals surface area contributed by atoms with E-state index in [0.717, 1.165) is 10.6 Å². The number of rotatable bonds is 3. The molecule has 2 N–H and O–H groups in total. The average molecular weight is 359 g/mol. The van der Waals surface area contributed by atoms with Crippen molar-refractivity contribution in [2.45, 2.75) is 13.8 Å². The first kappa shape index (κ1) is 16.4. The first-order chi connectivity index (χ1) is 11.5. The molecule has 0 saturated carbocycles. The van der Waals surface area contributed by atoms with Crippen LogP contribution >= 0.6 is 22.9 Å². The molecule has 2 aromatic carbocycles. The second kappa shape index (κ2) is 6.98. The average Bonchev–Trinajstić information content (AvgIpc) is 3.00. The van der Waals surface area contributed by atoms with Gasteiger partial charge in [0, 0.05) is 16.3 Å². The summed E-state index contributed by atoms with van der Waals surface area (Å²) in [5.74, 6) is 0. The third-order valence-corrected chi connectivity index (χ3v) is 4.64. The van der Waals surface area contributed by atoms with E-state index in [1.54, 1.807) is 24.3 Å². The number of hydrogen-bond acceptors (Lipinski definition) is 4. The second-order valence-corrected chi connectivity index (χ2v) is 6.71. The number of nitrogens with zero attached hydrogens (tertiary/aromatic N) is 2. The third kappa shape index (κ3) is 3.90. The molecule has 0 spiro atoms. The van der Waals surface area contributed by atoms with Crippen LogP contribution in [0.2, 0.25) is 5.02 Å². The van der Waals surface area contributed by atoms with Gasteiger partial charge < -0.3 is 5.32 Å². The van der Waals surface area contributed by atoms with E-state index in [-0.39, 0.29) is 6.03 Å². The number of aryl methyl sites for hydroxylation is 2. The molecule has 0 atom stereocenters. The van der Waals surface area contributed by atoms with Gasteiger partial charge in [-0.1, -0.05) is 35.1 Å². The SMILES string of the molecule is Cc1ccc(-c2nnc(NC(=O)Nc3ccc(Cl)cc3)s2)cc1C. The molecule has 0 aliphatic carbocycles. The topological polar surface area (TPSA) is 66.9 Å². The van der Waals surface area contributed by atoms with E-state index < -0.39 is 0 Å². The molecule has 0 unspecified atom stereocenters. The molecule has 0 fully saturated rings. The predicted molar refractivity (Wildman–Crippen MR) is 98.9 cm³/mol. The first-order valence-electron chi connectivity index (χ1n) is 7.26. The van der Waals surface area contributed by atoms with Gasteiger partial charge in [0.25, 0.3) is 0 Å². The molecule has 0 saturated heterocycles. The molecule has 0 aliphatic rings. The number of hydrogen-bond donors (Lipinski definition) is 2. The van der Waals surface area contributed by atoms with Crippen LogP contribution in [-0.4, -0.2) is 16.2 Å². The van der Waals surface area contributed by atoms with Crippen LogP contribution in [0, 0.1) is 13.8 Å². The van der Waals surface area contributed by atoms with Crippen molar-refractivity contribution < 1.29 is 4.79 Å². The van der Waals surface area contributed by atoms with Crippen LogP contribution in [0.1, 0.15) is 11.1 Å². The molecule has 3 rings (SSSR count). The van der Waals surface area contributed by atoms with Crippen molar-refractivity contribution in [3.8, 4) is 10.6 Å². The fraction of sp³-hybridized carbons (Fsp3) is 0.118. The summed E-state index contributed by atoms with van der Waals surface area (Å²) in [6, 6.07) is 12.6. The standard InChI is InChI=1S/C17H15ClN4OS/c1-10-3-4-12(9-11(10)2)15-21-22-17(24-15)20-16(23)19-14-7-5-13(18)6-8-14/h3-9H,1-2H3,(H2,19,20,22,23). The molecule has 1 heterocycles. The fourth-order valence-corrected chi connectivity index (χ4v) is 2.92. The molecule has 0 bridgehead atoms. The lowest BCUT2D eigenvalue weighted by atomic mass is 10.1. The van der Waals surface area contributed by atoms with Crippen molar-refractivity contribution in [3.05, 3.63) is 58.6 Å². The molecule has 3 aromatic rings. The van der Waals surface area contributed by atoms with Gasteiger partial charge >= 0.3 is 6.03 Å². The Hall–Kier alpha value is -2.44. The minimum atomic E-state index is -0.375. The van der Waals surface area contributed by atoms with Crippen LogP contribution < -0.4 is 10.6 Å². The van der Waals surface area contributed by atoms with Gasteiger partial charge in [-0.15, -0.1) is 10.2 Å². The summed E-state index contributed by atoms with van der Waals surface area (Å²) in [4.78, 5) is 12.0. The van der Waals surface area contributed by atoms with Crippen molar-refractivity contribution in [3.63, 3.8) is 0 Å². The van der Waals surface area contributed by atoms with Gasteiger partial charge in [0.1, 0.15) is 5.01 Å². The molecule has 122 valence electrons. The van der Waals surface area contributed by atoms with Crippen LogP contribution in [0.5, 0.6) is 0 Å². The smallest absolute Gasteiger partial charge is 0.308 e. The van der Waals surface area contributed by atoms with Crippen LogP contribution in [0.15, 0.2) is 42.5 Å². The summed E-state index contributed by atoms with van der Waals surface area (Å²) < 4.78 is 0. The van der Waals surface area contributed by atoms with Crippen molar-refractivity contribution in [1.29, 1.82) is 0 Å². The van der Waals surface area contributed by atoms with Crippen LogP contribution in [0.25, 0.3) is 10.6 Å². The van der Waals surface area contributed by atoms with Crippen LogP contribution in [0.3, 0.4) is 0 Å². The van der Waals surface area contributed by atoms with E-state index >= 15 is 0 Å². The highest BCUT2D eigenvalue weighted by Gasteiger charge is 2.10. The molecule has 24 heavy (non-hydrogen) atoms. The summed E-state index contributed by atoms with van der Waals surface area (Å²) in [5, 5.41) is 15.4. The first-order valence-corrected chi connectivity index (χ1v) is 8.45. The van der Waals surface area contributed by atoms with Crippen LogP contribution in [0.4, 0.5) is 15.6 Å². The highest BCUT2D eigenvalue weighted by Crippen LogP contribution is 2.27. The highest BCUT2D eigenvalue weighted by molar-refractivity contribution is 7.18. The quantitative estimate of drug-likeness (QED) is 0.682. The van der Waals surface area contributed by atoms with Gasteiger partial charge in [-0.3, -0.25) is 5.32 Å². The number of amides is 2. The number of carbonyl (C=O) groups is 1. The molecular formula is C17H15ClN4OS. The normalized spacial score (nSPS) is 10.5. The highest BCUT2D eigenvalue weighted by atomic mass is 35.5. The number of urea groups is 1. The number of anilines is 2. The Balaban J connectivity index is 1.68. The fourth-order valence-electron chi connectivity index (χ4n) is 2.06. The number of benzene rings is 2. The maximum atomic E-state index is 12.0. The Bertz CT molecular complexity index is 877. The maximum absolute atomic E-state index is 12.0. The number of nitrogens with one attached hydrogen (secondary N) is 2. The lowest BCUT2D eigenvalue weighted by Crippen LogP contribution is -2.19. The van der Waals surface area contributed by atoms with E-state index in [0.29, 0.717) is 15.8 Å². The lowest BCUT2D eigenvalue weighted by Gasteiger charge is -2.04. The Morgan fingerprint density at radius 3 is 2.46 bits per heavy atom. The zero-order valence-corrected chi connectivity index (χ0v) is 14.7. The maximum Gasteiger partial charge on any atom is 0.325 e. The Morgan fingerprint density at radius 1 is 1.00 bits per heavy atom. The Kier molecular flexibility index (Phi) is 4.78. The van der Waals surface area contributed by atoms with Gasteiger partial charge in [-0.25, -0.2) is 4.79 Å². The molecule has 0 aliphatic heterocycles. The number of aromatic nitrogens is 2. The van der Waals surface area contributed by atoms with Crippen LogP contribution in [-0.2, 0) is 0 Å². The zero-order valence-electron chi connectivity index (χ0n) is 13.1. The van der Waals surface area contributed by atoms with E-state index in [4.69, 9.17) is 11.6 Å². The molecule has 7 heteroatoms. The van der Waals surface area contributed by atoms with E-state index in [9.17, 15) is 4.79 Å². The minimum absolute atomic E-state index is 0.375. The monoisotopic (exact) mass is 358 g/mol. The molecule has 0 radical (unpaired) electrons. The van der Waals surface area contributed by atoms with Gasteiger partial charge in [0.05, 0.1) is 0 Å². The molecule has 2 amide bonds. The van der Waals surface area contributed by atoms with Crippen molar-refractivity contribution >= 4 is 39.8 Å². The zero-order chi connectivity index (χ0) is 17.1. The number of halogens is 1. The number of carbonyl (C=O) groups excluding carboxylic acids is 1.